The summed E-state index contributed by atoms with van der Waals surface area (Å²) < 4.78 is 0. The number of hydrogen-bond acceptors (Lipinski definition) is 3. The van der Waals surface area contributed by atoms with Crippen LogP contribution in [0.4, 0.5) is 0 Å². The van der Waals surface area contributed by atoms with Gasteiger partial charge in [0.15, 0.2) is 0 Å². The van der Waals surface area contributed by atoms with E-state index in [9.17, 15) is 0 Å². The van der Waals surface area contributed by atoms with Gasteiger partial charge >= 0.3 is 0 Å². The average Bonchev–Trinajstić information content (AvgIpc) is 2.55. The van der Waals surface area contributed by atoms with Gasteiger partial charge in [0.1, 0.15) is 0 Å². The van der Waals surface area contributed by atoms with Gasteiger partial charge in [0.05, 0.1) is 0 Å². The van der Waals surface area contributed by atoms with Crippen LogP contribution in [0.25, 0.3) is 0 Å². The second kappa shape index (κ2) is 8.55. The number of rotatable bonds is 8. The summed E-state index contributed by atoms with van der Waals surface area (Å²) >= 11 is 0. The Bertz CT molecular complexity index is 521. The summed E-state index contributed by atoms with van der Waals surface area (Å²) in [5.74, 6) is 0. The maximum absolute atomic E-state index is 4.04. The minimum Gasteiger partial charge on any atom is -0.309 e. The summed E-state index contributed by atoms with van der Waals surface area (Å²) in [5, 5.41) is 3.52. The summed E-state index contributed by atoms with van der Waals surface area (Å²) in [6.07, 6.45) is 3.68. The Morgan fingerprint density at radius 2 is 1.57 bits per heavy atom. The van der Waals surface area contributed by atoms with Crippen LogP contribution in [-0.2, 0) is 19.6 Å². The van der Waals surface area contributed by atoms with Crippen LogP contribution in [0, 0.1) is 0 Å². The Kier molecular flexibility index (Phi) is 6.38. The Morgan fingerprint density at radius 3 is 2.24 bits per heavy atom. The van der Waals surface area contributed by atoms with E-state index in [0.717, 1.165) is 32.7 Å². The monoisotopic (exact) mass is 283 g/mol. The molecule has 0 bridgehead atoms. The quantitative estimate of drug-likeness (QED) is 0.806. The minimum atomic E-state index is 0.877. The molecule has 0 atom stereocenters. The van der Waals surface area contributed by atoms with E-state index in [4.69, 9.17) is 0 Å². The summed E-state index contributed by atoms with van der Waals surface area (Å²) in [6.45, 7) is 9.42. The molecule has 0 fully saturated rings. The fourth-order valence-corrected chi connectivity index (χ4v) is 2.41. The highest BCUT2D eigenvalue weighted by atomic mass is 15.1. The molecule has 0 aliphatic carbocycles. The molecule has 2 rings (SSSR count). The highest BCUT2D eigenvalue weighted by molar-refractivity contribution is 5.27. The fraction of sp³-hybridized carbons (Fsp3) is 0.389. The van der Waals surface area contributed by atoms with Crippen LogP contribution in [0.2, 0.25) is 0 Å². The molecule has 21 heavy (non-hydrogen) atoms. The first-order valence-corrected chi connectivity index (χ1v) is 7.72. The van der Waals surface area contributed by atoms with Gasteiger partial charge in [-0.3, -0.25) is 9.88 Å². The van der Waals surface area contributed by atoms with Gasteiger partial charge in [-0.05, 0) is 41.9 Å². The van der Waals surface area contributed by atoms with Crippen molar-refractivity contribution in [3.8, 4) is 0 Å². The van der Waals surface area contributed by atoms with Gasteiger partial charge in [-0.25, -0.2) is 0 Å². The van der Waals surface area contributed by atoms with E-state index >= 15 is 0 Å². The third-order valence-electron chi connectivity index (χ3n) is 3.80. The molecule has 3 heteroatoms. The zero-order valence-electron chi connectivity index (χ0n) is 13.0. The van der Waals surface area contributed by atoms with Gasteiger partial charge < -0.3 is 5.32 Å². The van der Waals surface area contributed by atoms with Crippen molar-refractivity contribution in [2.75, 3.05) is 13.1 Å². The lowest BCUT2D eigenvalue weighted by molar-refractivity contribution is 0.294. The molecule has 1 N–H and O–H groups in total. The number of aromatic nitrogens is 1. The molecule has 1 aromatic carbocycles. The molecule has 0 aliphatic rings. The molecular formula is C18H25N3. The molecule has 0 radical (unpaired) electrons. The number of hydrogen-bond donors (Lipinski definition) is 1. The molecule has 0 spiro atoms. The molecule has 0 unspecified atom stereocenters. The summed E-state index contributed by atoms with van der Waals surface area (Å²) in [4.78, 5) is 6.49. The maximum atomic E-state index is 4.04. The Morgan fingerprint density at radius 1 is 0.905 bits per heavy atom. The lowest BCUT2D eigenvalue weighted by Gasteiger charge is -2.20. The van der Waals surface area contributed by atoms with Crippen molar-refractivity contribution in [1.29, 1.82) is 0 Å². The molecule has 1 aromatic heterocycles. The molecule has 2 aromatic rings. The number of pyridine rings is 1. The van der Waals surface area contributed by atoms with Gasteiger partial charge in [-0.2, -0.15) is 0 Å². The summed E-state index contributed by atoms with van der Waals surface area (Å²) in [7, 11) is 0. The lowest BCUT2D eigenvalue weighted by Crippen LogP contribution is -2.23. The molecular weight excluding hydrogens is 258 g/mol. The zero-order valence-corrected chi connectivity index (χ0v) is 13.0. The normalized spacial score (nSPS) is 11.0. The van der Waals surface area contributed by atoms with Crippen LogP contribution in [0.5, 0.6) is 0 Å². The van der Waals surface area contributed by atoms with Gasteiger partial charge in [0.2, 0.25) is 0 Å². The number of benzene rings is 1. The predicted molar refractivity (Wildman–Crippen MR) is 87.8 cm³/mol. The third kappa shape index (κ3) is 4.96. The van der Waals surface area contributed by atoms with Gasteiger partial charge in [-0.1, -0.05) is 38.1 Å². The van der Waals surface area contributed by atoms with Crippen LogP contribution in [0.1, 0.15) is 30.5 Å². The first-order chi connectivity index (χ1) is 10.3. The topological polar surface area (TPSA) is 28.2 Å². The summed E-state index contributed by atoms with van der Waals surface area (Å²) in [6, 6.07) is 12.8. The Hall–Kier alpha value is -1.71. The standard InChI is InChI=1S/C18H25N3/c1-3-21(4-2)15-18-8-6-5-7-17(18)14-20-13-16-9-11-19-12-10-16/h5-12,20H,3-4,13-15H2,1-2H3. The van der Waals surface area contributed by atoms with Crippen molar-refractivity contribution in [3.63, 3.8) is 0 Å². The van der Waals surface area contributed by atoms with Gasteiger partial charge in [0.25, 0.3) is 0 Å². The molecule has 3 nitrogen and oxygen atoms in total. The first-order valence-electron chi connectivity index (χ1n) is 7.72. The molecule has 0 saturated heterocycles. The van der Waals surface area contributed by atoms with Crippen molar-refractivity contribution in [2.45, 2.75) is 33.5 Å². The van der Waals surface area contributed by atoms with Crippen molar-refractivity contribution in [1.82, 2.24) is 15.2 Å². The van der Waals surface area contributed by atoms with E-state index in [-0.39, 0.29) is 0 Å². The molecule has 0 saturated carbocycles. The maximum Gasteiger partial charge on any atom is 0.0271 e. The molecule has 0 aliphatic heterocycles. The average molecular weight is 283 g/mol. The Labute approximate surface area is 128 Å². The van der Waals surface area contributed by atoms with E-state index in [1.807, 2.05) is 12.4 Å². The van der Waals surface area contributed by atoms with Crippen LogP contribution < -0.4 is 5.32 Å². The molecule has 1 heterocycles. The van der Waals surface area contributed by atoms with E-state index in [1.165, 1.54) is 16.7 Å². The fourth-order valence-electron chi connectivity index (χ4n) is 2.41. The van der Waals surface area contributed by atoms with E-state index in [0.29, 0.717) is 0 Å². The van der Waals surface area contributed by atoms with E-state index < -0.39 is 0 Å². The highest BCUT2D eigenvalue weighted by Gasteiger charge is 2.05. The zero-order chi connectivity index (χ0) is 14.9. The van der Waals surface area contributed by atoms with Crippen LogP contribution in [0.15, 0.2) is 48.8 Å². The van der Waals surface area contributed by atoms with Crippen LogP contribution in [0.3, 0.4) is 0 Å². The van der Waals surface area contributed by atoms with E-state index in [1.54, 1.807) is 0 Å². The van der Waals surface area contributed by atoms with Crippen molar-refractivity contribution < 1.29 is 0 Å². The molecule has 0 amide bonds. The predicted octanol–water partition coefficient (Wildman–Crippen LogP) is 3.21. The second-order valence-corrected chi connectivity index (χ2v) is 5.19. The summed E-state index contributed by atoms with van der Waals surface area (Å²) in [5.41, 5.74) is 4.08. The van der Waals surface area contributed by atoms with Crippen molar-refractivity contribution in [3.05, 3.63) is 65.5 Å². The minimum absolute atomic E-state index is 0.877. The Balaban J connectivity index is 1.93. The van der Waals surface area contributed by atoms with Gasteiger partial charge in [-0.15, -0.1) is 0 Å². The SMILES string of the molecule is CCN(CC)Cc1ccccc1CNCc1ccncc1. The van der Waals surface area contributed by atoms with Crippen molar-refractivity contribution in [2.24, 2.45) is 0 Å². The van der Waals surface area contributed by atoms with Crippen LogP contribution >= 0.6 is 0 Å². The lowest BCUT2D eigenvalue weighted by atomic mass is 10.1. The largest absolute Gasteiger partial charge is 0.309 e. The first kappa shape index (κ1) is 15.7. The smallest absolute Gasteiger partial charge is 0.0271 e. The van der Waals surface area contributed by atoms with Gasteiger partial charge in [0, 0.05) is 32.0 Å². The van der Waals surface area contributed by atoms with Crippen molar-refractivity contribution >= 4 is 0 Å². The number of nitrogens with one attached hydrogen (secondary N) is 1. The number of nitrogens with zero attached hydrogens (tertiary/aromatic N) is 2. The van der Waals surface area contributed by atoms with Crippen LogP contribution in [-0.4, -0.2) is 23.0 Å². The van der Waals surface area contributed by atoms with E-state index in [2.05, 4.69) is 65.4 Å². The highest BCUT2D eigenvalue weighted by Crippen LogP contribution is 2.12. The third-order valence-corrected chi connectivity index (χ3v) is 3.80. The molecule has 112 valence electrons. The second-order valence-electron chi connectivity index (χ2n) is 5.19.